The van der Waals surface area contributed by atoms with Gasteiger partial charge >= 0.3 is 6.01 Å². The van der Waals surface area contributed by atoms with Gasteiger partial charge in [-0.1, -0.05) is 12.1 Å². The minimum atomic E-state index is 0.240. The molecule has 3 N–H and O–H groups in total. The molecule has 0 aliphatic carbocycles. The van der Waals surface area contributed by atoms with Crippen LogP contribution in [0.3, 0.4) is 0 Å². The lowest BCUT2D eigenvalue weighted by Crippen LogP contribution is -2.12. The number of nitrogens with zero attached hydrogens (tertiary/aromatic N) is 4. The van der Waals surface area contributed by atoms with Crippen LogP contribution in [-0.4, -0.2) is 26.5 Å². The van der Waals surface area contributed by atoms with Gasteiger partial charge in [-0.05, 0) is 30.8 Å². The van der Waals surface area contributed by atoms with Gasteiger partial charge in [0.1, 0.15) is 0 Å². The van der Waals surface area contributed by atoms with E-state index in [4.69, 9.17) is 10.6 Å². The second kappa shape index (κ2) is 6.20. The molecule has 3 rings (SSSR count). The number of nitrogens with one attached hydrogen (secondary N) is 1. The monoisotopic (exact) mass is 320 g/mol. The SMILES string of the molecule is CCOc1nc(NN)nc(Sc2nc3ccccc3s2)n1. The van der Waals surface area contributed by atoms with Crippen LogP contribution in [-0.2, 0) is 0 Å². The highest BCUT2D eigenvalue weighted by Crippen LogP contribution is 2.33. The quantitative estimate of drug-likeness (QED) is 0.546. The Balaban J connectivity index is 1.90. The predicted molar refractivity (Wildman–Crippen MR) is 82.5 cm³/mol. The Kier molecular flexibility index (Phi) is 4.13. The summed E-state index contributed by atoms with van der Waals surface area (Å²) >= 11 is 2.94. The molecule has 7 nitrogen and oxygen atoms in total. The molecule has 2 heterocycles. The lowest BCUT2D eigenvalue weighted by Gasteiger charge is -2.04. The van der Waals surface area contributed by atoms with Crippen LogP contribution in [0.5, 0.6) is 6.01 Å². The number of anilines is 1. The highest BCUT2D eigenvalue weighted by atomic mass is 32.2. The second-order valence-corrected chi connectivity index (χ2v) is 6.10. The largest absolute Gasteiger partial charge is 0.464 e. The normalized spacial score (nSPS) is 10.8. The highest BCUT2D eigenvalue weighted by molar-refractivity contribution is 8.01. The zero-order valence-corrected chi connectivity index (χ0v) is 12.7. The number of hydrogen-bond donors (Lipinski definition) is 2. The maximum atomic E-state index is 5.36. The molecule has 0 amide bonds. The Morgan fingerprint density at radius 2 is 2.10 bits per heavy atom. The van der Waals surface area contributed by atoms with E-state index in [9.17, 15) is 0 Å². The third kappa shape index (κ3) is 3.20. The summed E-state index contributed by atoms with van der Waals surface area (Å²) in [7, 11) is 0. The molecule has 9 heteroatoms. The molecular weight excluding hydrogens is 308 g/mol. The first-order valence-electron chi connectivity index (χ1n) is 6.17. The van der Waals surface area contributed by atoms with E-state index in [-0.39, 0.29) is 12.0 Å². The zero-order valence-electron chi connectivity index (χ0n) is 11.1. The fourth-order valence-corrected chi connectivity index (χ4v) is 3.53. The summed E-state index contributed by atoms with van der Waals surface area (Å²) in [6, 6.07) is 8.19. The number of thiazole rings is 1. The van der Waals surface area contributed by atoms with Crippen LogP contribution >= 0.6 is 23.1 Å². The summed E-state index contributed by atoms with van der Waals surface area (Å²) in [6.07, 6.45) is 0. The van der Waals surface area contributed by atoms with Gasteiger partial charge in [-0.25, -0.2) is 10.8 Å². The van der Waals surface area contributed by atoms with Gasteiger partial charge in [-0.15, -0.1) is 11.3 Å². The average molecular weight is 320 g/mol. The van der Waals surface area contributed by atoms with Gasteiger partial charge < -0.3 is 4.74 Å². The molecule has 2 aromatic heterocycles. The standard InChI is InChI=1S/C12H12N6OS2/c1-2-19-10-15-9(18-13)16-11(17-10)21-12-14-7-5-3-4-6-8(7)20-12/h3-6H,2,13H2,1H3,(H,15,16,17,18). The first kappa shape index (κ1) is 14.0. The Morgan fingerprint density at radius 3 is 2.86 bits per heavy atom. The van der Waals surface area contributed by atoms with Gasteiger partial charge in [0.05, 0.1) is 16.8 Å². The van der Waals surface area contributed by atoms with Crippen molar-refractivity contribution in [2.45, 2.75) is 16.4 Å². The molecule has 3 aromatic rings. The molecule has 0 saturated heterocycles. The van der Waals surface area contributed by atoms with Crippen molar-refractivity contribution in [2.75, 3.05) is 12.0 Å². The van der Waals surface area contributed by atoms with E-state index in [1.54, 1.807) is 11.3 Å². The summed E-state index contributed by atoms with van der Waals surface area (Å²) in [6.45, 7) is 2.33. The average Bonchev–Trinajstić information content (AvgIpc) is 2.89. The van der Waals surface area contributed by atoms with Crippen LogP contribution in [0.1, 0.15) is 6.92 Å². The molecule has 0 fully saturated rings. The lowest BCUT2D eigenvalue weighted by molar-refractivity contribution is 0.308. The molecule has 0 aliphatic heterocycles. The van der Waals surface area contributed by atoms with Crippen LogP contribution < -0.4 is 16.0 Å². The molecule has 0 radical (unpaired) electrons. The van der Waals surface area contributed by atoms with Crippen molar-refractivity contribution < 1.29 is 4.74 Å². The van der Waals surface area contributed by atoms with Gasteiger partial charge in [0, 0.05) is 0 Å². The fraction of sp³-hybridized carbons (Fsp3) is 0.167. The molecule has 0 bridgehead atoms. The van der Waals surface area contributed by atoms with Gasteiger partial charge in [-0.2, -0.15) is 15.0 Å². The van der Waals surface area contributed by atoms with Crippen molar-refractivity contribution >= 4 is 39.3 Å². The molecule has 1 aromatic carbocycles. The maximum Gasteiger partial charge on any atom is 0.322 e. The number of nitrogens with two attached hydrogens (primary N) is 1. The number of aromatic nitrogens is 4. The van der Waals surface area contributed by atoms with Crippen LogP contribution in [0.2, 0.25) is 0 Å². The van der Waals surface area contributed by atoms with Crippen molar-refractivity contribution in [3.63, 3.8) is 0 Å². The van der Waals surface area contributed by atoms with Gasteiger partial charge in [-0.3, -0.25) is 5.43 Å². The lowest BCUT2D eigenvalue weighted by atomic mass is 10.3. The summed E-state index contributed by atoms with van der Waals surface area (Å²) in [5, 5.41) is 0.487. The molecule has 0 atom stereocenters. The third-order valence-electron chi connectivity index (χ3n) is 2.45. The molecule has 0 unspecified atom stereocenters. The molecule has 0 aliphatic rings. The number of benzene rings is 1. The molecule has 21 heavy (non-hydrogen) atoms. The van der Waals surface area contributed by atoms with Crippen molar-refractivity contribution in [3.8, 4) is 6.01 Å². The summed E-state index contributed by atoms with van der Waals surface area (Å²) in [5.74, 6) is 5.62. The number of fused-ring (bicyclic) bond motifs is 1. The van der Waals surface area contributed by atoms with Crippen LogP contribution in [0, 0.1) is 0 Å². The molecule has 108 valence electrons. The number of nitrogen functional groups attached to an aromatic ring is 1. The van der Waals surface area contributed by atoms with Crippen molar-refractivity contribution in [3.05, 3.63) is 24.3 Å². The zero-order chi connectivity index (χ0) is 14.7. The Bertz CT molecular complexity index is 729. The minimum Gasteiger partial charge on any atom is -0.464 e. The van der Waals surface area contributed by atoms with E-state index in [0.717, 1.165) is 14.6 Å². The Labute approximate surface area is 129 Å². The van der Waals surface area contributed by atoms with Gasteiger partial charge in [0.25, 0.3) is 0 Å². The van der Waals surface area contributed by atoms with Gasteiger partial charge in [0.15, 0.2) is 4.34 Å². The first-order valence-corrected chi connectivity index (χ1v) is 7.80. The van der Waals surface area contributed by atoms with Crippen LogP contribution in [0.25, 0.3) is 10.2 Å². The number of ether oxygens (including phenoxy) is 1. The minimum absolute atomic E-state index is 0.240. The van der Waals surface area contributed by atoms with E-state index < -0.39 is 0 Å². The van der Waals surface area contributed by atoms with E-state index in [2.05, 4.69) is 25.4 Å². The second-order valence-electron chi connectivity index (χ2n) is 3.85. The first-order chi connectivity index (χ1) is 10.3. The Morgan fingerprint density at radius 1 is 1.24 bits per heavy atom. The molecule has 0 spiro atoms. The smallest absolute Gasteiger partial charge is 0.322 e. The van der Waals surface area contributed by atoms with Crippen LogP contribution in [0.15, 0.2) is 33.8 Å². The topological polar surface area (TPSA) is 98.8 Å². The number of rotatable bonds is 5. The molecular formula is C12H12N6OS2. The van der Waals surface area contributed by atoms with Gasteiger partial charge in [0.2, 0.25) is 11.1 Å². The van der Waals surface area contributed by atoms with Crippen molar-refractivity contribution in [1.82, 2.24) is 19.9 Å². The fourth-order valence-electron chi connectivity index (χ4n) is 1.61. The van der Waals surface area contributed by atoms with E-state index in [1.165, 1.54) is 11.8 Å². The van der Waals surface area contributed by atoms with E-state index >= 15 is 0 Å². The van der Waals surface area contributed by atoms with Crippen LogP contribution in [0.4, 0.5) is 5.95 Å². The van der Waals surface area contributed by atoms with Crippen molar-refractivity contribution in [1.29, 1.82) is 0 Å². The summed E-state index contributed by atoms with van der Waals surface area (Å²) in [5.41, 5.74) is 3.37. The van der Waals surface area contributed by atoms with E-state index in [0.29, 0.717) is 11.8 Å². The maximum absolute atomic E-state index is 5.36. The van der Waals surface area contributed by atoms with E-state index in [1.807, 2.05) is 31.2 Å². The predicted octanol–water partition coefficient (Wildman–Crippen LogP) is 2.32. The number of hydrogen-bond acceptors (Lipinski definition) is 9. The molecule has 0 saturated carbocycles. The number of para-hydroxylation sites is 1. The summed E-state index contributed by atoms with van der Waals surface area (Å²) < 4.78 is 7.27. The number of hydrazine groups is 1. The summed E-state index contributed by atoms with van der Waals surface area (Å²) in [4.78, 5) is 17.0. The van der Waals surface area contributed by atoms with Crippen molar-refractivity contribution in [2.24, 2.45) is 5.84 Å². The third-order valence-corrected chi connectivity index (χ3v) is 4.41. The Hall–Kier alpha value is -1.97. The highest BCUT2D eigenvalue weighted by Gasteiger charge is 2.11.